The molecule has 0 aromatic carbocycles. The van der Waals surface area contributed by atoms with Crippen molar-refractivity contribution in [2.24, 2.45) is 29.6 Å². The zero-order valence-corrected chi connectivity index (χ0v) is 9.54. The summed E-state index contributed by atoms with van der Waals surface area (Å²) >= 11 is 0. The minimum absolute atomic E-state index is 0.422. The van der Waals surface area contributed by atoms with Gasteiger partial charge < -0.3 is 5.32 Å². The second-order valence-corrected chi connectivity index (χ2v) is 5.95. The maximum Gasteiger partial charge on any atom is 0.150 e. The fourth-order valence-electron chi connectivity index (χ4n) is 4.74. The van der Waals surface area contributed by atoms with Gasteiger partial charge in [0.25, 0.3) is 0 Å². The van der Waals surface area contributed by atoms with Crippen molar-refractivity contribution in [2.45, 2.75) is 32.1 Å². The van der Waals surface area contributed by atoms with Gasteiger partial charge >= 0.3 is 0 Å². The van der Waals surface area contributed by atoms with Crippen molar-refractivity contribution in [1.29, 1.82) is 0 Å². The van der Waals surface area contributed by atoms with Crippen molar-refractivity contribution in [3.63, 3.8) is 0 Å². The SMILES string of the molecule is CNCC(=O)C1C2CC3CC(C2)CC1C3. The minimum Gasteiger partial charge on any atom is -0.313 e. The van der Waals surface area contributed by atoms with Crippen molar-refractivity contribution in [2.75, 3.05) is 13.6 Å². The number of ketones is 1. The molecule has 0 spiro atoms. The van der Waals surface area contributed by atoms with Gasteiger partial charge in [0, 0.05) is 5.92 Å². The third-order valence-corrected chi connectivity index (χ3v) is 4.95. The lowest BCUT2D eigenvalue weighted by atomic mass is 9.51. The van der Waals surface area contributed by atoms with Crippen molar-refractivity contribution >= 4 is 5.78 Å². The molecule has 4 aliphatic carbocycles. The summed E-state index contributed by atoms with van der Waals surface area (Å²) in [5, 5.41) is 3.03. The van der Waals surface area contributed by atoms with Gasteiger partial charge in [-0.15, -0.1) is 0 Å². The molecular weight excluding hydrogens is 186 g/mol. The topological polar surface area (TPSA) is 29.1 Å². The average Bonchev–Trinajstić information content (AvgIpc) is 2.15. The Morgan fingerprint density at radius 2 is 1.60 bits per heavy atom. The highest BCUT2D eigenvalue weighted by atomic mass is 16.1. The molecule has 0 aromatic heterocycles. The first kappa shape index (κ1) is 9.83. The van der Waals surface area contributed by atoms with Crippen LogP contribution < -0.4 is 5.32 Å². The number of hydrogen-bond acceptors (Lipinski definition) is 2. The molecule has 0 unspecified atom stereocenters. The maximum atomic E-state index is 12.1. The van der Waals surface area contributed by atoms with Crippen molar-refractivity contribution in [3.8, 4) is 0 Å². The second kappa shape index (κ2) is 3.58. The first-order valence-electron chi connectivity index (χ1n) is 6.45. The third-order valence-electron chi connectivity index (χ3n) is 4.95. The van der Waals surface area contributed by atoms with E-state index in [0.29, 0.717) is 18.2 Å². The molecule has 0 aliphatic heterocycles. The number of carbonyl (C=O) groups excluding carboxylic acids is 1. The van der Waals surface area contributed by atoms with Crippen LogP contribution in [0, 0.1) is 29.6 Å². The third kappa shape index (κ3) is 1.54. The molecule has 2 heteroatoms. The van der Waals surface area contributed by atoms with Crippen molar-refractivity contribution < 1.29 is 4.79 Å². The average molecular weight is 207 g/mol. The quantitative estimate of drug-likeness (QED) is 0.765. The van der Waals surface area contributed by atoms with Crippen LogP contribution in [0.5, 0.6) is 0 Å². The minimum atomic E-state index is 0.422. The molecule has 0 saturated heterocycles. The Bertz CT molecular complexity index is 246. The van der Waals surface area contributed by atoms with Gasteiger partial charge in [-0.2, -0.15) is 0 Å². The summed E-state index contributed by atoms with van der Waals surface area (Å²) in [6, 6.07) is 0. The van der Waals surface area contributed by atoms with E-state index in [1.807, 2.05) is 7.05 Å². The van der Waals surface area contributed by atoms with E-state index in [-0.39, 0.29) is 0 Å². The van der Waals surface area contributed by atoms with E-state index >= 15 is 0 Å². The number of carbonyl (C=O) groups is 1. The molecular formula is C13H21NO. The van der Waals surface area contributed by atoms with E-state index in [2.05, 4.69) is 5.32 Å². The van der Waals surface area contributed by atoms with Gasteiger partial charge in [0.2, 0.25) is 0 Å². The Morgan fingerprint density at radius 1 is 1.07 bits per heavy atom. The zero-order valence-electron chi connectivity index (χ0n) is 9.54. The molecule has 4 fully saturated rings. The summed E-state index contributed by atoms with van der Waals surface area (Å²) in [4.78, 5) is 12.1. The monoisotopic (exact) mass is 207 g/mol. The Morgan fingerprint density at radius 3 is 2.07 bits per heavy atom. The summed E-state index contributed by atoms with van der Waals surface area (Å²) in [5.74, 6) is 4.37. The van der Waals surface area contributed by atoms with Crippen molar-refractivity contribution in [3.05, 3.63) is 0 Å². The molecule has 4 bridgehead atoms. The van der Waals surface area contributed by atoms with Crippen molar-refractivity contribution in [1.82, 2.24) is 5.32 Å². The van der Waals surface area contributed by atoms with Gasteiger partial charge in [0.15, 0.2) is 0 Å². The standard InChI is InChI=1S/C13H21NO/c1-14-7-12(15)13-10-3-8-2-9(5-10)6-11(13)4-8/h8-11,13-14H,2-7H2,1H3. The summed E-state index contributed by atoms with van der Waals surface area (Å²) in [6.45, 7) is 0.590. The first-order valence-corrected chi connectivity index (χ1v) is 6.45. The van der Waals surface area contributed by atoms with Gasteiger partial charge in [-0.05, 0) is 62.8 Å². The maximum absolute atomic E-state index is 12.1. The molecule has 84 valence electrons. The highest BCUT2D eigenvalue weighted by Crippen LogP contribution is 2.56. The summed E-state index contributed by atoms with van der Waals surface area (Å²) in [7, 11) is 1.88. The molecule has 4 saturated carbocycles. The molecule has 1 N–H and O–H groups in total. The molecule has 0 aromatic rings. The highest BCUT2D eigenvalue weighted by molar-refractivity contribution is 5.83. The first-order chi connectivity index (χ1) is 7.28. The van der Waals surface area contributed by atoms with E-state index in [4.69, 9.17) is 0 Å². The zero-order chi connectivity index (χ0) is 10.4. The summed E-state index contributed by atoms with van der Waals surface area (Å²) in [6.07, 6.45) is 6.89. The van der Waals surface area contributed by atoms with Crippen LogP contribution in [-0.4, -0.2) is 19.4 Å². The number of Topliss-reactive ketones (excluding diaryl/α,β-unsaturated/α-hetero) is 1. The Hall–Kier alpha value is -0.370. The lowest BCUT2D eigenvalue weighted by Crippen LogP contribution is -2.49. The predicted molar refractivity (Wildman–Crippen MR) is 59.5 cm³/mol. The molecule has 0 radical (unpaired) electrons. The number of nitrogens with one attached hydrogen (secondary N) is 1. The Kier molecular flexibility index (Phi) is 2.35. The fourth-order valence-corrected chi connectivity index (χ4v) is 4.74. The van der Waals surface area contributed by atoms with Crippen LogP contribution >= 0.6 is 0 Å². The van der Waals surface area contributed by atoms with E-state index < -0.39 is 0 Å². The van der Waals surface area contributed by atoms with Crippen LogP contribution in [0.3, 0.4) is 0 Å². The van der Waals surface area contributed by atoms with Gasteiger partial charge in [-0.1, -0.05) is 0 Å². The summed E-state index contributed by atoms with van der Waals surface area (Å²) < 4.78 is 0. The molecule has 4 aliphatic rings. The Balaban J connectivity index is 1.77. The van der Waals surface area contributed by atoms with Crippen LogP contribution in [0.2, 0.25) is 0 Å². The molecule has 15 heavy (non-hydrogen) atoms. The predicted octanol–water partition coefficient (Wildman–Crippen LogP) is 1.85. The van der Waals surface area contributed by atoms with E-state index in [9.17, 15) is 4.79 Å². The molecule has 0 amide bonds. The van der Waals surface area contributed by atoms with Gasteiger partial charge in [-0.25, -0.2) is 0 Å². The number of rotatable bonds is 3. The van der Waals surface area contributed by atoms with Gasteiger partial charge in [0.1, 0.15) is 5.78 Å². The van der Waals surface area contributed by atoms with Gasteiger partial charge in [0.05, 0.1) is 6.54 Å². The summed E-state index contributed by atoms with van der Waals surface area (Å²) in [5.41, 5.74) is 0. The van der Waals surface area contributed by atoms with Crippen LogP contribution in [0.4, 0.5) is 0 Å². The molecule has 2 nitrogen and oxygen atoms in total. The van der Waals surface area contributed by atoms with Crippen LogP contribution in [-0.2, 0) is 4.79 Å². The highest BCUT2D eigenvalue weighted by Gasteiger charge is 2.50. The molecule has 0 heterocycles. The lowest BCUT2D eigenvalue weighted by molar-refractivity contribution is -0.134. The number of likely N-dealkylation sites (N-methyl/N-ethyl adjacent to an activating group) is 1. The fraction of sp³-hybridized carbons (Fsp3) is 0.923. The van der Waals surface area contributed by atoms with E-state index in [1.165, 1.54) is 32.1 Å². The second-order valence-electron chi connectivity index (χ2n) is 5.95. The molecule has 0 atom stereocenters. The van der Waals surface area contributed by atoms with Crippen LogP contribution in [0.15, 0.2) is 0 Å². The normalized spacial score (nSPS) is 47.1. The van der Waals surface area contributed by atoms with Gasteiger partial charge in [-0.3, -0.25) is 4.79 Å². The number of hydrogen-bond donors (Lipinski definition) is 1. The van der Waals surface area contributed by atoms with Crippen LogP contribution in [0.25, 0.3) is 0 Å². The lowest BCUT2D eigenvalue weighted by Gasteiger charge is -2.53. The largest absolute Gasteiger partial charge is 0.313 e. The van der Waals surface area contributed by atoms with Crippen LogP contribution in [0.1, 0.15) is 32.1 Å². The molecule has 4 rings (SSSR count). The van der Waals surface area contributed by atoms with E-state index in [1.54, 1.807) is 0 Å². The Labute approximate surface area is 91.8 Å². The smallest absolute Gasteiger partial charge is 0.150 e. The van der Waals surface area contributed by atoms with E-state index in [0.717, 1.165) is 23.7 Å².